The highest BCUT2D eigenvalue weighted by atomic mass is 16.7. The zero-order valence-corrected chi connectivity index (χ0v) is 8.62. The first-order valence-corrected chi connectivity index (χ1v) is 4.76. The van der Waals surface area contributed by atoms with Crippen LogP contribution in [0.2, 0.25) is 0 Å². The maximum atomic E-state index is 5.40. The van der Waals surface area contributed by atoms with E-state index in [4.69, 9.17) is 9.47 Å². The molecule has 0 bridgehead atoms. The van der Waals surface area contributed by atoms with E-state index in [0.29, 0.717) is 19.1 Å². The van der Waals surface area contributed by atoms with E-state index in [1.54, 1.807) is 0 Å². The van der Waals surface area contributed by atoms with Gasteiger partial charge in [-0.1, -0.05) is 32.1 Å². The maximum absolute atomic E-state index is 5.40. The van der Waals surface area contributed by atoms with E-state index in [1.165, 1.54) is 0 Å². The van der Waals surface area contributed by atoms with Crippen LogP contribution < -0.4 is 0 Å². The van der Waals surface area contributed by atoms with Gasteiger partial charge in [0.1, 0.15) is 0 Å². The molecule has 0 atom stereocenters. The Bertz CT molecular complexity index is 198. The number of hydrogen-bond donors (Lipinski definition) is 0. The summed E-state index contributed by atoms with van der Waals surface area (Å²) >= 11 is 0. The van der Waals surface area contributed by atoms with Crippen molar-refractivity contribution in [1.29, 1.82) is 0 Å². The summed E-state index contributed by atoms with van der Waals surface area (Å²) in [7, 11) is 0. The van der Waals surface area contributed by atoms with Crippen LogP contribution in [-0.2, 0) is 9.47 Å². The normalized spacial score (nSPS) is 22.5. The lowest BCUT2D eigenvalue weighted by Crippen LogP contribution is -2.21. The van der Waals surface area contributed by atoms with E-state index in [2.05, 4.69) is 19.9 Å². The highest BCUT2D eigenvalue weighted by molar-refractivity contribution is 5.08. The van der Waals surface area contributed by atoms with Gasteiger partial charge < -0.3 is 9.47 Å². The van der Waals surface area contributed by atoms with Crippen molar-refractivity contribution in [2.75, 3.05) is 13.2 Å². The van der Waals surface area contributed by atoms with Crippen LogP contribution >= 0.6 is 0 Å². The van der Waals surface area contributed by atoms with Gasteiger partial charge in [0.25, 0.3) is 0 Å². The van der Waals surface area contributed by atoms with Crippen molar-refractivity contribution in [3.63, 3.8) is 0 Å². The predicted octanol–water partition coefficient (Wildman–Crippen LogP) is 2.52. The van der Waals surface area contributed by atoms with Gasteiger partial charge in [0.2, 0.25) is 0 Å². The molecule has 0 spiro atoms. The van der Waals surface area contributed by atoms with Crippen LogP contribution in [0.25, 0.3) is 0 Å². The highest BCUT2D eigenvalue weighted by Gasteiger charge is 2.26. The molecule has 0 saturated carbocycles. The van der Waals surface area contributed by atoms with E-state index < -0.39 is 5.79 Å². The molecule has 74 valence electrons. The summed E-state index contributed by atoms with van der Waals surface area (Å²) in [6.07, 6.45) is 8.08. The molecular formula is C11H18O2. The van der Waals surface area contributed by atoms with E-state index in [0.717, 1.165) is 0 Å². The molecule has 0 aromatic carbocycles. The van der Waals surface area contributed by atoms with Crippen LogP contribution in [0, 0.1) is 5.92 Å². The average Bonchev–Trinajstić information content (AvgIpc) is 2.47. The van der Waals surface area contributed by atoms with Gasteiger partial charge in [-0.05, 0) is 18.9 Å². The largest absolute Gasteiger partial charge is 0.344 e. The first kappa shape index (κ1) is 10.5. The van der Waals surface area contributed by atoms with Gasteiger partial charge in [0, 0.05) is 0 Å². The Hall–Kier alpha value is -0.600. The molecule has 2 nitrogen and oxygen atoms in total. The van der Waals surface area contributed by atoms with Crippen molar-refractivity contribution in [2.24, 2.45) is 5.92 Å². The fourth-order valence-corrected chi connectivity index (χ4v) is 1.14. The first-order chi connectivity index (χ1) is 6.12. The second-order valence-corrected chi connectivity index (χ2v) is 3.70. The standard InChI is InChI=1S/C11H18O2/c1-10(2)6-4-5-7-11(3)12-8-9-13-11/h4-7,10H,8-9H2,1-3H3/b6-4+,7-5+. The molecule has 0 radical (unpaired) electrons. The van der Waals surface area contributed by atoms with Crippen LogP contribution in [0.1, 0.15) is 20.8 Å². The summed E-state index contributed by atoms with van der Waals surface area (Å²) in [5.74, 6) is 0.0873. The molecule has 0 N–H and O–H groups in total. The number of hydrogen-bond acceptors (Lipinski definition) is 2. The Morgan fingerprint density at radius 1 is 1.15 bits per heavy atom. The number of ether oxygens (including phenoxy) is 2. The topological polar surface area (TPSA) is 18.5 Å². The van der Waals surface area contributed by atoms with Gasteiger partial charge >= 0.3 is 0 Å². The predicted molar refractivity (Wildman–Crippen MR) is 53.4 cm³/mol. The van der Waals surface area contributed by atoms with E-state index in [-0.39, 0.29) is 0 Å². The Labute approximate surface area is 80.2 Å². The Balaban J connectivity index is 2.38. The second-order valence-electron chi connectivity index (χ2n) is 3.70. The minimum Gasteiger partial charge on any atom is -0.344 e. The summed E-state index contributed by atoms with van der Waals surface area (Å²) in [5, 5.41) is 0. The molecule has 0 aromatic rings. The van der Waals surface area contributed by atoms with Crippen LogP contribution in [0.15, 0.2) is 24.3 Å². The summed E-state index contributed by atoms with van der Waals surface area (Å²) in [6.45, 7) is 7.60. The lowest BCUT2D eigenvalue weighted by atomic mass is 10.2. The summed E-state index contributed by atoms with van der Waals surface area (Å²) in [6, 6.07) is 0. The fourth-order valence-electron chi connectivity index (χ4n) is 1.14. The molecule has 2 heteroatoms. The van der Waals surface area contributed by atoms with Crippen molar-refractivity contribution in [3.8, 4) is 0 Å². The van der Waals surface area contributed by atoms with E-state index in [9.17, 15) is 0 Å². The minimum absolute atomic E-state index is 0.499. The SMILES string of the molecule is CC(C)/C=C/C=C/C1(C)OCCO1. The molecule has 1 rings (SSSR count). The Kier molecular flexibility index (Phi) is 3.70. The van der Waals surface area contributed by atoms with Crippen molar-refractivity contribution in [2.45, 2.75) is 26.6 Å². The third-order valence-electron chi connectivity index (χ3n) is 1.87. The summed E-state index contributed by atoms with van der Waals surface area (Å²) in [5.41, 5.74) is 0. The fraction of sp³-hybridized carbons (Fsp3) is 0.636. The van der Waals surface area contributed by atoms with Crippen LogP contribution in [-0.4, -0.2) is 19.0 Å². The van der Waals surface area contributed by atoms with Crippen LogP contribution in [0.5, 0.6) is 0 Å². The first-order valence-electron chi connectivity index (χ1n) is 4.76. The van der Waals surface area contributed by atoms with Crippen molar-refractivity contribution < 1.29 is 9.47 Å². The van der Waals surface area contributed by atoms with Gasteiger partial charge in [-0.15, -0.1) is 0 Å². The maximum Gasteiger partial charge on any atom is 0.185 e. The lowest BCUT2D eigenvalue weighted by molar-refractivity contribution is -0.0996. The smallest absolute Gasteiger partial charge is 0.185 e. The highest BCUT2D eigenvalue weighted by Crippen LogP contribution is 2.19. The zero-order valence-electron chi connectivity index (χ0n) is 8.62. The Morgan fingerprint density at radius 2 is 1.77 bits per heavy atom. The van der Waals surface area contributed by atoms with E-state index >= 15 is 0 Å². The third kappa shape index (κ3) is 3.75. The molecular weight excluding hydrogens is 164 g/mol. The number of rotatable bonds is 3. The average molecular weight is 182 g/mol. The molecule has 0 amide bonds. The quantitative estimate of drug-likeness (QED) is 0.624. The molecule has 1 fully saturated rings. The Morgan fingerprint density at radius 3 is 2.31 bits per heavy atom. The monoisotopic (exact) mass is 182 g/mol. The minimum atomic E-state index is -0.499. The molecule has 0 unspecified atom stereocenters. The zero-order chi connectivity index (χ0) is 9.73. The van der Waals surface area contributed by atoms with E-state index in [1.807, 2.05) is 25.2 Å². The second kappa shape index (κ2) is 4.58. The molecule has 0 aromatic heterocycles. The van der Waals surface area contributed by atoms with Crippen molar-refractivity contribution in [3.05, 3.63) is 24.3 Å². The third-order valence-corrected chi connectivity index (χ3v) is 1.87. The van der Waals surface area contributed by atoms with Gasteiger partial charge in [0.05, 0.1) is 13.2 Å². The molecule has 1 aliphatic heterocycles. The van der Waals surface area contributed by atoms with Gasteiger partial charge in [-0.25, -0.2) is 0 Å². The van der Waals surface area contributed by atoms with Gasteiger partial charge in [-0.2, -0.15) is 0 Å². The summed E-state index contributed by atoms with van der Waals surface area (Å²) < 4.78 is 10.8. The van der Waals surface area contributed by atoms with Crippen LogP contribution in [0.3, 0.4) is 0 Å². The molecule has 1 saturated heterocycles. The van der Waals surface area contributed by atoms with Crippen molar-refractivity contribution in [1.82, 2.24) is 0 Å². The van der Waals surface area contributed by atoms with Crippen LogP contribution in [0.4, 0.5) is 0 Å². The lowest BCUT2D eigenvalue weighted by Gasteiger charge is -2.16. The molecule has 0 aliphatic carbocycles. The van der Waals surface area contributed by atoms with Gasteiger partial charge in [0.15, 0.2) is 5.79 Å². The van der Waals surface area contributed by atoms with Crippen molar-refractivity contribution >= 4 is 0 Å². The summed E-state index contributed by atoms with van der Waals surface area (Å²) in [4.78, 5) is 0. The molecule has 1 heterocycles. The van der Waals surface area contributed by atoms with Gasteiger partial charge in [-0.3, -0.25) is 0 Å². The molecule has 1 aliphatic rings. The molecule has 13 heavy (non-hydrogen) atoms. The number of allylic oxidation sites excluding steroid dienone is 3.